The number of benzene rings is 2. The number of aryl methyl sites for hydroxylation is 1. The largest absolute Gasteiger partial charge is 0.381 e. The van der Waals surface area contributed by atoms with Crippen LogP contribution in [0.5, 0.6) is 0 Å². The van der Waals surface area contributed by atoms with Crippen LogP contribution < -0.4 is 5.32 Å². The molecule has 0 saturated carbocycles. The van der Waals surface area contributed by atoms with Gasteiger partial charge in [0.2, 0.25) is 5.95 Å². The maximum absolute atomic E-state index is 5.63. The summed E-state index contributed by atoms with van der Waals surface area (Å²) in [6, 6.07) is 16.8. The number of hydrogen-bond donors (Lipinski definition) is 2. The summed E-state index contributed by atoms with van der Waals surface area (Å²) in [5.74, 6) is 0.843. The lowest BCUT2D eigenvalue weighted by atomic mass is 9.72. The molecule has 1 fully saturated rings. The van der Waals surface area contributed by atoms with Gasteiger partial charge < -0.3 is 15.0 Å². The SMILES string of the molecule is Cc1ccccc1C1(CNc2nc3ccccc3[nH]2)CCOCC1. The van der Waals surface area contributed by atoms with Crippen molar-refractivity contribution < 1.29 is 4.74 Å². The van der Waals surface area contributed by atoms with E-state index in [9.17, 15) is 0 Å². The maximum atomic E-state index is 5.63. The zero-order valence-corrected chi connectivity index (χ0v) is 14.0. The third-order valence-corrected chi connectivity index (χ3v) is 5.15. The van der Waals surface area contributed by atoms with E-state index in [0.717, 1.165) is 49.6 Å². The molecule has 2 N–H and O–H groups in total. The van der Waals surface area contributed by atoms with Crippen LogP contribution in [-0.4, -0.2) is 29.7 Å². The first kappa shape index (κ1) is 15.2. The molecule has 0 unspecified atom stereocenters. The van der Waals surface area contributed by atoms with Gasteiger partial charge in [0.1, 0.15) is 0 Å². The van der Waals surface area contributed by atoms with Crippen molar-refractivity contribution >= 4 is 17.0 Å². The van der Waals surface area contributed by atoms with Crippen LogP contribution in [-0.2, 0) is 10.2 Å². The van der Waals surface area contributed by atoms with Crippen LogP contribution in [0.1, 0.15) is 24.0 Å². The molecule has 0 aliphatic carbocycles. The first-order valence-electron chi connectivity index (χ1n) is 8.59. The van der Waals surface area contributed by atoms with Gasteiger partial charge in [-0.2, -0.15) is 0 Å². The zero-order chi connectivity index (χ0) is 16.4. The summed E-state index contributed by atoms with van der Waals surface area (Å²) in [4.78, 5) is 8.01. The van der Waals surface area contributed by atoms with Crippen LogP contribution >= 0.6 is 0 Å². The van der Waals surface area contributed by atoms with Gasteiger partial charge in [0, 0.05) is 25.2 Å². The molecule has 4 rings (SSSR count). The maximum Gasteiger partial charge on any atom is 0.201 e. The highest BCUT2D eigenvalue weighted by atomic mass is 16.5. The number of hydrogen-bond acceptors (Lipinski definition) is 3. The molecule has 3 aromatic rings. The second-order valence-electron chi connectivity index (χ2n) is 6.66. The Morgan fingerprint density at radius 1 is 1.08 bits per heavy atom. The van der Waals surface area contributed by atoms with Crippen LogP contribution in [0.2, 0.25) is 0 Å². The van der Waals surface area contributed by atoms with Crippen molar-refractivity contribution in [1.29, 1.82) is 0 Å². The topological polar surface area (TPSA) is 49.9 Å². The van der Waals surface area contributed by atoms with Crippen molar-refractivity contribution in [3.8, 4) is 0 Å². The van der Waals surface area contributed by atoms with Crippen LogP contribution in [0, 0.1) is 6.92 Å². The van der Waals surface area contributed by atoms with Gasteiger partial charge in [-0.1, -0.05) is 36.4 Å². The molecule has 2 aromatic carbocycles. The molecular formula is C20H23N3O. The predicted molar refractivity (Wildman–Crippen MR) is 97.5 cm³/mol. The summed E-state index contributed by atoms with van der Waals surface area (Å²) >= 11 is 0. The number of ether oxygens (including phenoxy) is 1. The minimum Gasteiger partial charge on any atom is -0.381 e. The normalized spacial score (nSPS) is 17.0. The highest BCUT2D eigenvalue weighted by molar-refractivity contribution is 5.77. The molecule has 0 radical (unpaired) electrons. The minimum atomic E-state index is 0.0998. The third-order valence-electron chi connectivity index (χ3n) is 5.15. The average Bonchev–Trinajstić information content (AvgIpc) is 3.04. The minimum absolute atomic E-state index is 0.0998. The predicted octanol–water partition coefficient (Wildman–Crippen LogP) is 4.03. The van der Waals surface area contributed by atoms with E-state index in [4.69, 9.17) is 4.74 Å². The Hall–Kier alpha value is -2.33. The number of aromatic nitrogens is 2. The molecule has 4 heteroatoms. The number of nitrogens with one attached hydrogen (secondary N) is 2. The molecule has 1 saturated heterocycles. The van der Waals surface area contributed by atoms with E-state index in [1.54, 1.807) is 0 Å². The molecule has 0 spiro atoms. The van der Waals surface area contributed by atoms with Crippen molar-refractivity contribution in [2.75, 3.05) is 25.1 Å². The molecule has 0 amide bonds. The molecule has 1 aromatic heterocycles. The van der Waals surface area contributed by atoms with Crippen molar-refractivity contribution in [1.82, 2.24) is 9.97 Å². The van der Waals surface area contributed by atoms with Crippen LogP contribution in [0.4, 0.5) is 5.95 Å². The van der Waals surface area contributed by atoms with Gasteiger partial charge in [0.05, 0.1) is 11.0 Å². The van der Waals surface area contributed by atoms with Crippen LogP contribution in [0.25, 0.3) is 11.0 Å². The summed E-state index contributed by atoms with van der Waals surface area (Å²) in [5.41, 5.74) is 4.94. The fourth-order valence-corrected chi connectivity index (χ4v) is 3.76. The van der Waals surface area contributed by atoms with E-state index in [-0.39, 0.29) is 5.41 Å². The number of rotatable bonds is 4. The Labute approximate surface area is 142 Å². The van der Waals surface area contributed by atoms with E-state index in [1.807, 2.05) is 18.2 Å². The van der Waals surface area contributed by atoms with E-state index in [0.29, 0.717) is 0 Å². The Balaban J connectivity index is 1.61. The molecule has 2 heterocycles. The summed E-state index contributed by atoms with van der Waals surface area (Å²) in [6.45, 7) is 4.70. The van der Waals surface area contributed by atoms with Crippen molar-refractivity contribution in [3.05, 3.63) is 59.7 Å². The highest BCUT2D eigenvalue weighted by Gasteiger charge is 2.35. The van der Waals surface area contributed by atoms with E-state index >= 15 is 0 Å². The summed E-state index contributed by atoms with van der Waals surface area (Å²) < 4.78 is 5.63. The molecule has 1 aliphatic rings. The highest BCUT2D eigenvalue weighted by Crippen LogP contribution is 2.36. The second kappa shape index (κ2) is 6.29. The number of fused-ring (bicyclic) bond motifs is 1. The third kappa shape index (κ3) is 2.78. The van der Waals surface area contributed by atoms with Gasteiger partial charge in [0.25, 0.3) is 0 Å². The summed E-state index contributed by atoms with van der Waals surface area (Å²) in [7, 11) is 0. The summed E-state index contributed by atoms with van der Waals surface area (Å²) in [6.07, 6.45) is 2.07. The first-order valence-corrected chi connectivity index (χ1v) is 8.59. The molecular weight excluding hydrogens is 298 g/mol. The molecule has 124 valence electrons. The quantitative estimate of drug-likeness (QED) is 0.763. The summed E-state index contributed by atoms with van der Waals surface area (Å²) in [5, 5.41) is 3.55. The van der Waals surface area contributed by atoms with Crippen LogP contribution in [0.3, 0.4) is 0 Å². The fourth-order valence-electron chi connectivity index (χ4n) is 3.76. The average molecular weight is 321 g/mol. The second-order valence-corrected chi connectivity index (χ2v) is 6.66. The Bertz CT molecular complexity index is 801. The molecule has 24 heavy (non-hydrogen) atoms. The van der Waals surface area contributed by atoms with E-state index in [1.165, 1.54) is 11.1 Å². The number of nitrogens with zero attached hydrogens (tertiary/aromatic N) is 1. The zero-order valence-electron chi connectivity index (χ0n) is 14.0. The first-order chi connectivity index (χ1) is 11.8. The van der Waals surface area contributed by atoms with Gasteiger partial charge in [-0.05, 0) is 43.0 Å². The fraction of sp³-hybridized carbons (Fsp3) is 0.350. The Morgan fingerprint density at radius 2 is 1.83 bits per heavy atom. The number of aromatic amines is 1. The number of para-hydroxylation sites is 2. The van der Waals surface area contributed by atoms with Gasteiger partial charge in [0.15, 0.2) is 0 Å². The van der Waals surface area contributed by atoms with Crippen molar-refractivity contribution in [2.24, 2.45) is 0 Å². The van der Waals surface area contributed by atoms with Gasteiger partial charge >= 0.3 is 0 Å². The van der Waals surface area contributed by atoms with Crippen molar-refractivity contribution in [3.63, 3.8) is 0 Å². The van der Waals surface area contributed by atoms with Gasteiger partial charge in [-0.3, -0.25) is 0 Å². The van der Waals surface area contributed by atoms with Crippen LogP contribution in [0.15, 0.2) is 48.5 Å². The lowest BCUT2D eigenvalue weighted by molar-refractivity contribution is 0.0541. The molecule has 0 bridgehead atoms. The molecule has 4 nitrogen and oxygen atoms in total. The number of anilines is 1. The molecule has 0 atom stereocenters. The van der Waals surface area contributed by atoms with Gasteiger partial charge in [-0.15, -0.1) is 0 Å². The monoisotopic (exact) mass is 321 g/mol. The van der Waals surface area contributed by atoms with E-state index < -0.39 is 0 Å². The van der Waals surface area contributed by atoms with Crippen molar-refractivity contribution in [2.45, 2.75) is 25.2 Å². The Kier molecular flexibility index (Phi) is 3.98. The standard InChI is InChI=1S/C20H23N3O/c1-15-6-2-3-7-16(15)20(10-12-24-13-11-20)14-21-19-22-17-8-4-5-9-18(17)23-19/h2-9H,10-14H2,1H3,(H2,21,22,23). The molecule has 1 aliphatic heterocycles. The van der Waals surface area contributed by atoms with Gasteiger partial charge in [-0.25, -0.2) is 4.98 Å². The number of imidazole rings is 1. The number of H-pyrrole nitrogens is 1. The lowest BCUT2D eigenvalue weighted by Gasteiger charge is -2.39. The van der Waals surface area contributed by atoms with E-state index in [2.05, 4.69) is 52.5 Å². The smallest absolute Gasteiger partial charge is 0.201 e. The Morgan fingerprint density at radius 3 is 2.62 bits per heavy atom. The lowest BCUT2D eigenvalue weighted by Crippen LogP contribution is -2.40.